The number of nitrogens with zero attached hydrogens (tertiary/aromatic N) is 1. The van der Waals surface area contributed by atoms with Crippen molar-refractivity contribution in [2.75, 3.05) is 4.90 Å². The van der Waals surface area contributed by atoms with Crippen molar-refractivity contribution in [3.63, 3.8) is 0 Å². The van der Waals surface area contributed by atoms with Gasteiger partial charge in [-0.25, -0.2) is 0 Å². The number of anilines is 3. The molecule has 9 aromatic rings. The smallest absolute Gasteiger partial charge is 0.135 e. The summed E-state index contributed by atoms with van der Waals surface area (Å²) in [7, 11) is 0. The highest BCUT2D eigenvalue weighted by atomic mass is 32.1. The van der Waals surface area contributed by atoms with Crippen LogP contribution in [0.2, 0.25) is 0 Å². The van der Waals surface area contributed by atoms with Crippen LogP contribution in [-0.4, -0.2) is 0 Å². The fraction of sp³-hybridized carbons (Fsp3) is 0. The average molecular weight is 568 g/mol. The molecule has 0 amide bonds. The first kappa shape index (κ1) is 24.2. The molecule has 0 saturated heterocycles. The lowest BCUT2D eigenvalue weighted by atomic mass is 10.0. The van der Waals surface area contributed by atoms with Crippen molar-refractivity contribution in [3.05, 3.63) is 152 Å². The zero-order valence-electron chi connectivity index (χ0n) is 23.2. The largest absolute Gasteiger partial charge is 0.456 e. The molecule has 0 unspecified atom stereocenters. The zero-order chi connectivity index (χ0) is 28.3. The topological polar surface area (TPSA) is 16.4 Å². The molecule has 0 N–H and O–H groups in total. The minimum atomic E-state index is 0.897. The summed E-state index contributed by atoms with van der Waals surface area (Å²) in [5.74, 6) is 0. The molecule has 2 nitrogen and oxygen atoms in total. The summed E-state index contributed by atoms with van der Waals surface area (Å²) < 4.78 is 8.82. The van der Waals surface area contributed by atoms with Crippen molar-refractivity contribution >= 4 is 81.3 Å². The SMILES string of the molecule is c1ccc(-c2ccc(N(c3ccc4oc5ccccc5c4c3)c3cccc4cc5c(cc34)sc3ccccc35)cc2)cc1. The molecule has 0 aliphatic rings. The maximum absolute atomic E-state index is 6.19. The van der Waals surface area contributed by atoms with Gasteiger partial charge in [-0.15, -0.1) is 11.3 Å². The number of fused-ring (bicyclic) bond motifs is 7. The van der Waals surface area contributed by atoms with Crippen LogP contribution >= 0.6 is 11.3 Å². The van der Waals surface area contributed by atoms with Gasteiger partial charge in [0.05, 0.1) is 5.69 Å². The molecule has 7 aromatic carbocycles. The quantitative estimate of drug-likeness (QED) is 0.210. The standard InChI is InChI=1S/C40H25NOS/c1-2-9-26(10-3-1)27-17-19-29(20-18-27)41(30-21-22-38-34(24-30)31-12-4-6-15-37(31)42-38)36-14-8-11-28-23-35-32-13-5-7-16-39(32)43-40(35)25-33(28)36/h1-25H. The van der Waals surface area contributed by atoms with Crippen LogP contribution in [0.15, 0.2) is 156 Å². The van der Waals surface area contributed by atoms with E-state index in [1.54, 1.807) is 0 Å². The molecule has 0 fully saturated rings. The summed E-state index contributed by atoms with van der Waals surface area (Å²) >= 11 is 1.86. The van der Waals surface area contributed by atoms with Gasteiger partial charge in [0.1, 0.15) is 11.2 Å². The van der Waals surface area contributed by atoms with Gasteiger partial charge in [-0.1, -0.05) is 91.0 Å². The molecule has 9 rings (SSSR count). The normalized spacial score (nSPS) is 11.7. The molecule has 0 atom stereocenters. The molecule has 0 bridgehead atoms. The Kier molecular flexibility index (Phi) is 5.40. The minimum Gasteiger partial charge on any atom is -0.456 e. The lowest BCUT2D eigenvalue weighted by molar-refractivity contribution is 0.669. The third-order valence-corrected chi connectivity index (χ3v) is 9.58. The maximum atomic E-state index is 6.19. The van der Waals surface area contributed by atoms with E-state index in [2.05, 4.69) is 144 Å². The highest BCUT2D eigenvalue weighted by Crippen LogP contribution is 2.44. The number of benzene rings is 7. The number of rotatable bonds is 4. The van der Waals surface area contributed by atoms with Crippen LogP contribution in [0.5, 0.6) is 0 Å². The van der Waals surface area contributed by atoms with Crippen LogP contribution in [0.1, 0.15) is 0 Å². The Morgan fingerprint density at radius 2 is 1.14 bits per heavy atom. The first-order chi connectivity index (χ1) is 21.3. The number of hydrogen-bond donors (Lipinski definition) is 0. The first-order valence-electron chi connectivity index (χ1n) is 14.5. The second kappa shape index (κ2) is 9.59. The Morgan fingerprint density at radius 3 is 2.02 bits per heavy atom. The van der Waals surface area contributed by atoms with Crippen molar-refractivity contribution in [2.45, 2.75) is 0 Å². The molecule has 3 heteroatoms. The summed E-state index contributed by atoms with van der Waals surface area (Å²) in [5, 5.41) is 7.34. The Balaban J connectivity index is 1.29. The Bertz CT molecular complexity index is 2450. The molecule has 0 aliphatic heterocycles. The van der Waals surface area contributed by atoms with Gasteiger partial charge in [0.2, 0.25) is 0 Å². The van der Waals surface area contributed by atoms with E-state index in [1.165, 1.54) is 42.1 Å². The molecule has 0 radical (unpaired) electrons. The van der Waals surface area contributed by atoms with E-state index < -0.39 is 0 Å². The predicted octanol–water partition coefficient (Wildman–Crippen LogP) is 12.2. The molecular formula is C40H25NOS. The van der Waals surface area contributed by atoms with Crippen molar-refractivity contribution in [1.82, 2.24) is 0 Å². The first-order valence-corrected chi connectivity index (χ1v) is 15.3. The number of furan rings is 1. The van der Waals surface area contributed by atoms with Crippen molar-refractivity contribution in [3.8, 4) is 11.1 Å². The van der Waals surface area contributed by atoms with E-state index in [9.17, 15) is 0 Å². The summed E-state index contributed by atoms with van der Waals surface area (Å²) in [4.78, 5) is 2.39. The van der Waals surface area contributed by atoms with Gasteiger partial charge >= 0.3 is 0 Å². The van der Waals surface area contributed by atoms with Crippen LogP contribution in [0.4, 0.5) is 17.1 Å². The molecule has 0 spiro atoms. The van der Waals surface area contributed by atoms with Gasteiger partial charge in [-0.2, -0.15) is 0 Å². The zero-order valence-corrected chi connectivity index (χ0v) is 24.0. The Labute approximate surface area is 252 Å². The maximum Gasteiger partial charge on any atom is 0.135 e. The van der Waals surface area contributed by atoms with E-state index in [0.29, 0.717) is 0 Å². The van der Waals surface area contributed by atoms with Gasteiger partial charge < -0.3 is 9.32 Å². The average Bonchev–Trinajstić information content (AvgIpc) is 3.62. The Morgan fingerprint density at radius 1 is 0.419 bits per heavy atom. The molecule has 2 heterocycles. The fourth-order valence-electron chi connectivity index (χ4n) is 6.39. The lowest BCUT2D eigenvalue weighted by Gasteiger charge is -2.27. The number of thiophene rings is 1. The second-order valence-corrected chi connectivity index (χ2v) is 12.1. The van der Waals surface area contributed by atoms with Crippen molar-refractivity contribution < 1.29 is 4.42 Å². The summed E-state index contributed by atoms with van der Waals surface area (Å²) in [5.41, 5.74) is 7.57. The van der Waals surface area contributed by atoms with Gasteiger partial charge in [0, 0.05) is 47.7 Å². The van der Waals surface area contributed by atoms with Crippen LogP contribution in [0, 0.1) is 0 Å². The van der Waals surface area contributed by atoms with Crippen LogP contribution < -0.4 is 4.90 Å². The van der Waals surface area contributed by atoms with E-state index in [1.807, 2.05) is 23.5 Å². The molecule has 2 aromatic heterocycles. The van der Waals surface area contributed by atoms with E-state index in [0.717, 1.165) is 39.0 Å². The minimum absolute atomic E-state index is 0.897. The third kappa shape index (κ3) is 3.93. The summed E-state index contributed by atoms with van der Waals surface area (Å²) in [6.07, 6.45) is 0. The van der Waals surface area contributed by atoms with Gasteiger partial charge in [-0.05, 0) is 77.2 Å². The van der Waals surface area contributed by atoms with Crippen LogP contribution in [0.3, 0.4) is 0 Å². The Hall–Kier alpha value is -5.38. The molecule has 0 aliphatic carbocycles. The fourth-order valence-corrected chi connectivity index (χ4v) is 7.52. The van der Waals surface area contributed by atoms with Gasteiger partial charge in [-0.3, -0.25) is 0 Å². The number of para-hydroxylation sites is 1. The monoisotopic (exact) mass is 567 g/mol. The highest BCUT2D eigenvalue weighted by molar-refractivity contribution is 7.25. The van der Waals surface area contributed by atoms with Gasteiger partial charge in [0.25, 0.3) is 0 Å². The van der Waals surface area contributed by atoms with E-state index in [-0.39, 0.29) is 0 Å². The molecular weight excluding hydrogens is 543 g/mol. The van der Waals surface area contributed by atoms with Crippen molar-refractivity contribution in [1.29, 1.82) is 0 Å². The van der Waals surface area contributed by atoms with E-state index >= 15 is 0 Å². The highest BCUT2D eigenvalue weighted by Gasteiger charge is 2.19. The predicted molar refractivity (Wildman–Crippen MR) is 184 cm³/mol. The van der Waals surface area contributed by atoms with Crippen molar-refractivity contribution in [2.24, 2.45) is 0 Å². The van der Waals surface area contributed by atoms with Crippen LogP contribution in [-0.2, 0) is 0 Å². The second-order valence-electron chi connectivity index (χ2n) is 11.0. The lowest BCUT2D eigenvalue weighted by Crippen LogP contribution is -2.10. The molecule has 43 heavy (non-hydrogen) atoms. The number of hydrogen-bond acceptors (Lipinski definition) is 3. The van der Waals surface area contributed by atoms with Crippen LogP contribution in [0.25, 0.3) is 64.0 Å². The summed E-state index contributed by atoms with van der Waals surface area (Å²) in [6, 6.07) is 54.4. The molecule has 0 saturated carbocycles. The summed E-state index contributed by atoms with van der Waals surface area (Å²) in [6.45, 7) is 0. The van der Waals surface area contributed by atoms with Gasteiger partial charge in [0.15, 0.2) is 0 Å². The van der Waals surface area contributed by atoms with E-state index in [4.69, 9.17) is 4.42 Å². The third-order valence-electron chi connectivity index (χ3n) is 8.45. The molecule has 202 valence electrons.